The number of benzene rings is 1. The molecule has 6 heteroatoms. The molecule has 0 bridgehead atoms. The number of tetrazole rings is 1. The largest absolute Gasteiger partial charge is 0.381 e. The van der Waals surface area contributed by atoms with Crippen LogP contribution in [-0.2, 0) is 4.74 Å². The molecule has 1 aromatic carbocycles. The van der Waals surface area contributed by atoms with E-state index in [4.69, 9.17) is 4.74 Å². The Kier molecular flexibility index (Phi) is 4.57. The maximum Gasteiger partial charge on any atom is 0.143 e. The molecule has 21 heavy (non-hydrogen) atoms. The molecule has 0 saturated carbocycles. The SMILES string of the molecule is CC(NCC1CCCOC1)c1cccc(-n2cnnn2)c1. The Balaban J connectivity index is 1.61. The summed E-state index contributed by atoms with van der Waals surface area (Å²) in [5, 5.41) is 14.9. The van der Waals surface area contributed by atoms with E-state index in [2.05, 4.69) is 39.9 Å². The first-order chi connectivity index (χ1) is 10.3. The number of hydrogen-bond donors (Lipinski definition) is 1. The van der Waals surface area contributed by atoms with Crippen molar-refractivity contribution in [1.29, 1.82) is 0 Å². The summed E-state index contributed by atoms with van der Waals surface area (Å²) in [4.78, 5) is 0. The van der Waals surface area contributed by atoms with Gasteiger partial charge in [0.25, 0.3) is 0 Å². The molecule has 1 fully saturated rings. The smallest absolute Gasteiger partial charge is 0.143 e. The molecule has 1 aromatic heterocycles. The van der Waals surface area contributed by atoms with Gasteiger partial charge in [0, 0.05) is 19.2 Å². The van der Waals surface area contributed by atoms with Gasteiger partial charge >= 0.3 is 0 Å². The van der Waals surface area contributed by atoms with E-state index in [0.717, 1.165) is 25.4 Å². The van der Waals surface area contributed by atoms with Crippen molar-refractivity contribution < 1.29 is 4.74 Å². The normalized spacial score (nSPS) is 20.3. The fourth-order valence-electron chi connectivity index (χ4n) is 2.65. The molecular weight excluding hydrogens is 266 g/mol. The summed E-state index contributed by atoms with van der Waals surface area (Å²) in [6.45, 7) is 4.98. The van der Waals surface area contributed by atoms with E-state index >= 15 is 0 Å². The zero-order valence-corrected chi connectivity index (χ0v) is 12.3. The molecule has 1 aliphatic rings. The van der Waals surface area contributed by atoms with Gasteiger partial charge in [-0.05, 0) is 53.8 Å². The molecule has 0 amide bonds. The molecule has 6 nitrogen and oxygen atoms in total. The van der Waals surface area contributed by atoms with Gasteiger partial charge in [0.05, 0.1) is 12.3 Å². The van der Waals surface area contributed by atoms with Gasteiger partial charge in [-0.3, -0.25) is 0 Å². The molecular formula is C15H21N5O. The molecule has 2 atom stereocenters. The first-order valence-corrected chi connectivity index (χ1v) is 7.47. The van der Waals surface area contributed by atoms with E-state index in [1.54, 1.807) is 11.0 Å². The van der Waals surface area contributed by atoms with Crippen LogP contribution in [0.5, 0.6) is 0 Å². The zero-order chi connectivity index (χ0) is 14.5. The van der Waals surface area contributed by atoms with Crippen LogP contribution in [-0.4, -0.2) is 40.0 Å². The summed E-state index contributed by atoms with van der Waals surface area (Å²) in [6, 6.07) is 8.58. The van der Waals surface area contributed by atoms with Gasteiger partial charge < -0.3 is 10.1 Å². The highest BCUT2D eigenvalue weighted by Crippen LogP contribution is 2.18. The topological polar surface area (TPSA) is 64.9 Å². The highest BCUT2D eigenvalue weighted by atomic mass is 16.5. The van der Waals surface area contributed by atoms with Crippen LogP contribution in [0.15, 0.2) is 30.6 Å². The predicted molar refractivity (Wildman–Crippen MR) is 79.1 cm³/mol. The van der Waals surface area contributed by atoms with Crippen molar-refractivity contribution in [3.8, 4) is 5.69 Å². The Morgan fingerprint density at radius 1 is 1.48 bits per heavy atom. The van der Waals surface area contributed by atoms with E-state index < -0.39 is 0 Å². The molecule has 0 radical (unpaired) electrons. The highest BCUT2D eigenvalue weighted by Gasteiger charge is 2.15. The average Bonchev–Trinajstić information content (AvgIpc) is 3.08. The molecule has 1 saturated heterocycles. The van der Waals surface area contributed by atoms with Crippen molar-refractivity contribution in [3.05, 3.63) is 36.2 Å². The number of hydrogen-bond acceptors (Lipinski definition) is 5. The third kappa shape index (κ3) is 3.65. The molecule has 2 heterocycles. The second-order valence-corrected chi connectivity index (χ2v) is 5.56. The minimum absolute atomic E-state index is 0.295. The molecule has 0 spiro atoms. The van der Waals surface area contributed by atoms with Crippen LogP contribution in [0.4, 0.5) is 0 Å². The van der Waals surface area contributed by atoms with E-state index in [-0.39, 0.29) is 0 Å². The molecule has 3 rings (SSSR count). The highest BCUT2D eigenvalue weighted by molar-refractivity contribution is 5.35. The van der Waals surface area contributed by atoms with Crippen molar-refractivity contribution in [2.24, 2.45) is 5.92 Å². The number of nitrogens with zero attached hydrogens (tertiary/aromatic N) is 4. The number of ether oxygens (including phenoxy) is 1. The van der Waals surface area contributed by atoms with Gasteiger partial charge in [0.1, 0.15) is 6.33 Å². The number of aromatic nitrogens is 4. The molecule has 112 valence electrons. The third-order valence-electron chi connectivity index (χ3n) is 3.95. The summed E-state index contributed by atoms with van der Waals surface area (Å²) < 4.78 is 7.19. The van der Waals surface area contributed by atoms with Crippen molar-refractivity contribution in [1.82, 2.24) is 25.5 Å². The molecule has 2 aromatic rings. The van der Waals surface area contributed by atoms with E-state index in [9.17, 15) is 0 Å². The van der Waals surface area contributed by atoms with Gasteiger partial charge in [-0.2, -0.15) is 0 Å². The lowest BCUT2D eigenvalue weighted by Gasteiger charge is -2.24. The lowest BCUT2D eigenvalue weighted by atomic mass is 10.0. The van der Waals surface area contributed by atoms with E-state index in [0.29, 0.717) is 12.0 Å². The third-order valence-corrected chi connectivity index (χ3v) is 3.95. The molecule has 2 unspecified atom stereocenters. The summed E-state index contributed by atoms with van der Waals surface area (Å²) in [5.74, 6) is 0.629. The van der Waals surface area contributed by atoms with Crippen LogP contribution in [0, 0.1) is 5.92 Å². The van der Waals surface area contributed by atoms with Crippen LogP contribution >= 0.6 is 0 Å². The quantitative estimate of drug-likeness (QED) is 0.907. The van der Waals surface area contributed by atoms with Crippen LogP contribution in [0.25, 0.3) is 5.69 Å². The fraction of sp³-hybridized carbons (Fsp3) is 0.533. The van der Waals surface area contributed by atoms with Crippen molar-refractivity contribution >= 4 is 0 Å². The fourth-order valence-corrected chi connectivity index (χ4v) is 2.65. The molecule has 1 N–H and O–H groups in total. The zero-order valence-electron chi connectivity index (χ0n) is 12.3. The Hall–Kier alpha value is -1.79. The Bertz CT molecular complexity index is 551. The minimum Gasteiger partial charge on any atom is -0.381 e. The van der Waals surface area contributed by atoms with E-state index in [1.807, 2.05) is 12.1 Å². The second-order valence-electron chi connectivity index (χ2n) is 5.56. The second kappa shape index (κ2) is 6.78. The maximum atomic E-state index is 5.52. The minimum atomic E-state index is 0.295. The van der Waals surface area contributed by atoms with Gasteiger partial charge in [-0.1, -0.05) is 12.1 Å². The molecule has 1 aliphatic heterocycles. The van der Waals surface area contributed by atoms with Crippen LogP contribution < -0.4 is 5.32 Å². The summed E-state index contributed by atoms with van der Waals surface area (Å²) in [5.41, 5.74) is 2.21. The lowest BCUT2D eigenvalue weighted by Crippen LogP contribution is -2.30. The first kappa shape index (κ1) is 14.2. The Morgan fingerprint density at radius 2 is 2.43 bits per heavy atom. The Labute approximate surface area is 124 Å². The Morgan fingerprint density at radius 3 is 3.19 bits per heavy atom. The van der Waals surface area contributed by atoms with Crippen molar-refractivity contribution in [2.45, 2.75) is 25.8 Å². The maximum absolute atomic E-state index is 5.52. The van der Waals surface area contributed by atoms with Crippen LogP contribution in [0.1, 0.15) is 31.4 Å². The van der Waals surface area contributed by atoms with Crippen molar-refractivity contribution in [2.75, 3.05) is 19.8 Å². The van der Waals surface area contributed by atoms with Gasteiger partial charge in [-0.15, -0.1) is 5.10 Å². The average molecular weight is 287 g/mol. The van der Waals surface area contributed by atoms with Crippen LogP contribution in [0.3, 0.4) is 0 Å². The van der Waals surface area contributed by atoms with E-state index in [1.165, 1.54) is 18.4 Å². The summed E-state index contributed by atoms with van der Waals surface area (Å²) in [7, 11) is 0. The standard InChI is InChI=1S/C15H21N5O/c1-12(16-9-13-4-3-7-21-10-13)14-5-2-6-15(8-14)20-11-17-18-19-20/h2,5-6,8,11-13,16H,3-4,7,9-10H2,1H3. The summed E-state index contributed by atoms with van der Waals surface area (Å²) >= 11 is 0. The molecule has 0 aliphatic carbocycles. The van der Waals surface area contributed by atoms with Gasteiger partial charge in [-0.25, -0.2) is 4.68 Å². The van der Waals surface area contributed by atoms with Crippen molar-refractivity contribution in [3.63, 3.8) is 0 Å². The number of nitrogens with one attached hydrogen (secondary N) is 1. The van der Waals surface area contributed by atoms with Gasteiger partial charge in [0.15, 0.2) is 0 Å². The first-order valence-electron chi connectivity index (χ1n) is 7.47. The summed E-state index contributed by atoms with van der Waals surface area (Å²) in [6.07, 6.45) is 4.04. The number of rotatable bonds is 5. The van der Waals surface area contributed by atoms with Gasteiger partial charge in [0.2, 0.25) is 0 Å². The predicted octanol–water partition coefficient (Wildman–Crippen LogP) is 1.74. The monoisotopic (exact) mass is 287 g/mol. The van der Waals surface area contributed by atoms with Crippen LogP contribution in [0.2, 0.25) is 0 Å². The lowest BCUT2D eigenvalue weighted by molar-refractivity contribution is 0.0540.